The Labute approximate surface area is 149 Å². The lowest BCUT2D eigenvalue weighted by molar-refractivity contribution is -0.142. The van der Waals surface area contributed by atoms with E-state index in [-0.39, 0.29) is 18.2 Å². The molecule has 2 N–H and O–H groups in total. The maximum absolute atomic E-state index is 12.1. The lowest BCUT2D eigenvalue weighted by atomic mass is 10.2. The van der Waals surface area contributed by atoms with E-state index in [1.165, 1.54) is 11.3 Å². The van der Waals surface area contributed by atoms with Crippen LogP contribution < -0.4 is 10.1 Å². The number of rotatable bonds is 8. The highest BCUT2D eigenvalue weighted by Crippen LogP contribution is 2.33. The van der Waals surface area contributed by atoms with E-state index in [0.29, 0.717) is 12.3 Å². The number of aromatic nitrogens is 1. The molecule has 0 aliphatic heterocycles. The van der Waals surface area contributed by atoms with Crippen LogP contribution in [0.4, 0.5) is 0 Å². The third-order valence-electron chi connectivity index (χ3n) is 3.98. The fourth-order valence-electron chi connectivity index (χ4n) is 2.58. The van der Waals surface area contributed by atoms with Gasteiger partial charge in [0.1, 0.15) is 16.8 Å². The van der Waals surface area contributed by atoms with Crippen LogP contribution in [0.3, 0.4) is 0 Å². The molecule has 1 amide bonds. The maximum Gasteiger partial charge on any atom is 0.326 e. The highest BCUT2D eigenvalue weighted by Gasteiger charge is 2.37. The number of hydrogen-bond acceptors (Lipinski definition) is 5. The third kappa shape index (κ3) is 4.57. The number of aliphatic carboxylic acids is 1. The molecule has 0 bridgehead atoms. The molecular formula is C18H20N2O4S. The molecule has 2 aromatic rings. The van der Waals surface area contributed by atoms with E-state index < -0.39 is 12.0 Å². The zero-order valence-electron chi connectivity index (χ0n) is 13.9. The average Bonchev–Trinajstić information content (AvgIpc) is 3.32. The lowest BCUT2D eigenvalue weighted by Gasteiger charge is -2.12. The van der Waals surface area contributed by atoms with Crippen LogP contribution in [0.2, 0.25) is 0 Å². The van der Waals surface area contributed by atoms with Crippen molar-refractivity contribution in [2.45, 2.75) is 32.2 Å². The van der Waals surface area contributed by atoms with E-state index in [0.717, 1.165) is 29.2 Å². The molecule has 1 aromatic heterocycles. The Hall–Kier alpha value is -2.41. The van der Waals surface area contributed by atoms with Crippen LogP contribution in [-0.4, -0.2) is 34.6 Å². The van der Waals surface area contributed by atoms with Crippen molar-refractivity contribution in [1.82, 2.24) is 10.3 Å². The molecule has 1 saturated carbocycles. The first-order valence-corrected chi connectivity index (χ1v) is 9.14. The second-order valence-corrected chi connectivity index (χ2v) is 6.86. The Kier molecular flexibility index (Phi) is 5.33. The van der Waals surface area contributed by atoms with Crippen LogP contribution in [0.5, 0.6) is 5.75 Å². The maximum atomic E-state index is 12.1. The molecule has 1 aromatic carbocycles. The lowest BCUT2D eigenvalue weighted by Crippen LogP contribution is -2.43. The molecule has 0 spiro atoms. The first-order chi connectivity index (χ1) is 12.1. The predicted molar refractivity (Wildman–Crippen MR) is 94.7 cm³/mol. The molecular weight excluding hydrogens is 340 g/mol. The van der Waals surface area contributed by atoms with E-state index >= 15 is 0 Å². The van der Waals surface area contributed by atoms with E-state index in [9.17, 15) is 14.7 Å². The summed E-state index contributed by atoms with van der Waals surface area (Å²) < 4.78 is 5.42. The Morgan fingerprint density at radius 1 is 1.36 bits per heavy atom. The van der Waals surface area contributed by atoms with Crippen molar-refractivity contribution in [2.24, 2.45) is 5.92 Å². The summed E-state index contributed by atoms with van der Waals surface area (Å²) >= 11 is 1.46. The highest BCUT2D eigenvalue weighted by atomic mass is 32.1. The van der Waals surface area contributed by atoms with Crippen LogP contribution >= 0.6 is 11.3 Å². The molecule has 1 fully saturated rings. The molecule has 1 unspecified atom stereocenters. The van der Waals surface area contributed by atoms with Crippen LogP contribution in [0.25, 0.3) is 10.6 Å². The van der Waals surface area contributed by atoms with Gasteiger partial charge < -0.3 is 15.2 Å². The first-order valence-electron chi connectivity index (χ1n) is 8.26. The fraction of sp³-hybridized carbons (Fsp3) is 0.389. The Morgan fingerprint density at radius 2 is 2.08 bits per heavy atom. The van der Waals surface area contributed by atoms with Gasteiger partial charge in [-0.1, -0.05) is 0 Å². The molecule has 1 atom stereocenters. The number of carbonyl (C=O) groups excluding carboxylic acids is 1. The molecule has 6 nitrogen and oxygen atoms in total. The standard InChI is InChI=1S/C18H20N2O4S/c1-2-24-14-7-5-12(6-8-14)17-19-13(10-25-17)9-15(21)20-16(18(22)23)11-3-4-11/h5-8,10-11,16H,2-4,9H2,1H3,(H,20,21)(H,22,23). The van der Waals surface area contributed by atoms with Crippen molar-refractivity contribution >= 4 is 23.2 Å². The normalized spacial score (nSPS) is 14.8. The number of hydrogen-bond donors (Lipinski definition) is 2. The second kappa shape index (κ2) is 7.65. The molecule has 1 heterocycles. The second-order valence-electron chi connectivity index (χ2n) is 6.00. The van der Waals surface area contributed by atoms with Gasteiger partial charge in [0.15, 0.2) is 0 Å². The van der Waals surface area contributed by atoms with Gasteiger partial charge in [-0.05, 0) is 49.9 Å². The number of carboxylic acids is 1. The number of ether oxygens (including phenoxy) is 1. The summed E-state index contributed by atoms with van der Waals surface area (Å²) in [6, 6.07) is 6.86. The molecule has 1 aliphatic rings. The largest absolute Gasteiger partial charge is 0.494 e. The summed E-state index contributed by atoms with van der Waals surface area (Å²) in [6.07, 6.45) is 1.80. The van der Waals surface area contributed by atoms with Crippen molar-refractivity contribution in [3.63, 3.8) is 0 Å². The molecule has 0 saturated heterocycles. The summed E-state index contributed by atoms with van der Waals surface area (Å²) in [5.41, 5.74) is 1.60. The number of benzene rings is 1. The van der Waals surface area contributed by atoms with Gasteiger partial charge in [-0.3, -0.25) is 4.79 Å². The topological polar surface area (TPSA) is 88.5 Å². The Morgan fingerprint density at radius 3 is 2.68 bits per heavy atom. The number of thiazole rings is 1. The number of carbonyl (C=O) groups is 2. The van der Waals surface area contributed by atoms with Crippen LogP contribution in [0, 0.1) is 5.92 Å². The Balaban J connectivity index is 1.61. The highest BCUT2D eigenvalue weighted by molar-refractivity contribution is 7.13. The summed E-state index contributed by atoms with van der Waals surface area (Å²) in [7, 11) is 0. The van der Waals surface area contributed by atoms with Gasteiger partial charge in [-0.15, -0.1) is 11.3 Å². The molecule has 1 aliphatic carbocycles. The van der Waals surface area contributed by atoms with Crippen molar-refractivity contribution in [3.8, 4) is 16.3 Å². The van der Waals surface area contributed by atoms with Gasteiger partial charge in [-0.2, -0.15) is 0 Å². The predicted octanol–water partition coefficient (Wildman–Crippen LogP) is 2.73. The minimum absolute atomic E-state index is 0.0660. The van der Waals surface area contributed by atoms with Gasteiger partial charge in [0.05, 0.1) is 18.7 Å². The Bertz CT molecular complexity index is 753. The zero-order valence-corrected chi connectivity index (χ0v) is 14.7. The van der Waals surface area contributed by atoms with Crippen molar-refractivity contribution in [3.05, 3.63) is 35.3 Å². The number of nitrogens with one attached hydrogen (secondary N) is 1. The smallest absolute Gasteiger partial charge is 0.326 e. The quantitative estimate of drug-likeness (QED) is 0.756. The fourth-order valence-corrected chi connectivity index (χ4v) is 3.41. The molecule has 132 valence electrons. The van der Waals surface area contributed by atoms with E-state index in [1.54, 1.807) is 0 Å². The van der Waals surface area contributed by atoms with Gasteiger partial charge in [0, 0.05) is 10.9 Å². The summed E-state index contributed by atoms with van der Waals surface area (Å²) in [5.74, 6) is -0.398. The van der Waals surface area contributed by atoms with E-state index in [2.05, 4.69) is 10.3 Å². The van der Waals surface area contributed by atoms with Gasteiger partial charge >= 0.3 is 5.97 Å². The number of carboxylic acid groups (broad SMARTS) is 1. The number of nitrogens with zero attached hydrogens (tertiary/aromatic N) is 1. The van der Waals surface area contributed by atoms with Crippen LogP contribution in [0.15, 0.2) is 29.6 Å². The molecule has 0 radical (unpaired) electrons. The summed E-state index contributed by atoms with van der Waals surface area (Å²) in [4.78, 5) is 27.8. The van der Waals surface area contributed by atoms with Gasteiger partial charge in [-0.25, -0.2) is 9.78 Å². The minimum Gasteiger partial charge on any atom is -0.494 e. The van der Waals surface area contributed by atoms with E-state index in [4.69, 9.17) is 4.74 Å². The first kappa shape index (κ1) is 17.4. The average molecular weight is 360 g/mol. The molecule has 3 rings (SSSR count). The monoisotopic (exact) mass is 360 g/mol. The summed E-state index contributed by atoms with van der Waals surface area (Å²) in [6.45, 7) is 2.55. The molecule has 25 heavy (non-hydrogen) atoms. The van der Waals surface area contributed by atoms with Crippen LogP contribution in [-0.2, 0) is 16.0 Å². The third-order valence-corrected chi connectivity index (χ3v) is 4.92. The van der Waals surface area contributed by atoms with Gasteiger partial charge in [0.25, 0.3) is 0 Å². The number of amides is 1. The zero-order chi connectivity index (χ0) is 17.8. The van der Waals surface area contributed by atoms with Crippen LogP contribution in [0.1, 0.15) is 25.5 Å². The van der Waals surface area contributed by atoms with E-state index in [1.807, 2.05) is 36.6 Å². The van der Waals surface area contributed by atoms with Gasteiger partial charge in [0.2, 0.25) is 5.91 Å². The SMILES string of the molecule is CCOc1ccc(-c2nc(CC(=O)NC(C(=O)O)C3CC3)cs2)cc1. The van der Waals surface area contributed by atoms with Crippen molar-refractivity contribution in [2.75, 3.05) is 6.61 Å². The van der Waals surface area contributed by atoms with Crippen molar-refractivity contribution in [1.29, 1.82) is 0 Å². The summed E-state index contributed by atoms with van der Waals surface area (Å²) in [5, 5.41) is 14.4. The molecule has 7 heteroatoms. The minimum atomic E-state index is -0.968. The van der Waals surface area contributed by atoms with Crippen molar-refractivity contribution < 1.29 is 19.4 Å².